The number of hydrogen-bond acceptors (Lipinski definition) is 8. The monoisotopic (exact) mass is 400 g/mol. The fraction of sp³-hybridized carbons (Fsp3) is 0.350. The Morgan fingerprint density at radius 1 is 1.21 bits per heavy atom. The Labute approximate surface area is 164 Å². The number of rotatable bonds is 1. The molecule has 0 radical (unpaired) electrons. The zero-order valence-corrected chi connectivity index (χ0v) is 15.4. The maximum absolute atomic E-state index is 13.4. The van der Waals surface area contributed by atoms with Crippen LogP contribution in [0.25, 0.3) is 5.76 Å². The summed E-state index contributed by atoms with van der Waals surface area (Å²) in [5.74, 6) is -7.44. The van der Waals surface area contributed by atoms with Gasteiger partial charge in [0.15, 0.2) is 11.4 Å². The normalized spacial score (nSPS) is 33.9. The summed E-state index contributed by atoms with van der Waals surface area (Å²) in [5, 5.41) is 42.7. The first-order valence-corrected chi connectivity index (χ1v) is 9.09. The molecule has 152 valence electrons. The third kappa shape index (κ3) is 2.19. The van der Waals surface area contributed by atoms with Crippen molar-refractivity contribution in [3.63, 3.8) is 0 Å². The lowest BCUT2D eigenvalue weighted by Gasteiger charge is -2.49. The number of benzene rings is 1. The van der Waals surface area contributed by atoms with Crippen LogP contribution in [0.2, 0.25) is 0 Å². The van der Waals surface area contributed by atoms with Crippen LogP contribution in [0, 0.1) is 11.8 Å². The van der Waals surface area contributed by atoms with E-state index in [0.29, 0.717) is 5.56 Å². The van der Waals surface area contributed by atoms with E-state index in [0.717, 1.165) is 0 Å². The molecule has 4 rings (SSSR count). The SMILES string of the molecule is C[C@H]1c2cccc(O)c2C(O)=C2C(=O)[C@]3(O)C(O)=C(C(N)=O)C(=O)[C@@H](N)[C@@H]3CC21. The van der Waals surface area contributed by atoms with E-state index in [1.54, 1.807) is 19.1 Å². The molecule has 1 aromatic carbocycles. The quantitative estimate of drug-likeness (QED) is 0.353. The Balaban J connectivity index is 2.00. The van der Waals surface area contributed by atoms with E-state index in [9.17, 15) is 34.8 Å². The highest BCUT2D eigenvalue weighted by atomic mass is 16.3. The van der Waals surface area contributed by atoms with Crippen LogP contribution < -0.4 is 11.5 Å². The Hall–Kier alpha value is -3.17. The van der Waals surface area contributed by atoms with Crippen molar-refractivity contribution in [3.05, 3.63) is 46.2 Å². The van der Waals surface area contributed by atoms with Crippen molar-refractivity contribution in [2.75, 3.05) is 0 Å². The highest BCUT2D eigenvalue weighted by Crippen LogP contribution is 2.55. The van der Waals surface area contributed by atoms with Gasteiger partial charge < -0.3 is 31.9 Å². The van der Waals surface area contributed by atoms with E-state index >= 15 is 0 Å². The molecule has 0 aliphatic heterocycles. The highest BCUT2D eigenvalue weighted by Gasteiger charge is 2.63. The fourth-order valence-corrected chi connectivity index (χ4v) is 4.97. The number of fused-ring (bicyclic) bond motifs is 3. The average Bonchev–Trinajstić information content (AvgIpc) is 2.66. The highest BCUT2D eigenvalue weighted by molar-refractivity contribution is 6.24. The van der Waals surface area contributed by atoms with Crippen molar-refractivity contribution in [1.29, 1.82) is 0 Å². The van der Waals surface area contributed by atoms with Crippen LogP contribution in [0.1, 0.15) is 30.4 Å². The molecule has 0 saturated heterocycles. The number of nitrogens with two attached hydrogens (primary N) is 2. The Morgan fingerprint density at radius 3 is 2.48 bits per heavy atom. The van der Waals surface area contributed by atoms with Crippen molar-refractivity contribution in [2.24, 2.45) is 23.3 Å². The molecular weight excluding hydrogens is 380 g/mol. The number of hydrogen-bond donors (Lipinski definition) is 6. The molecule has 29 heavy (non-hydrogen) atoms. The number of aliphatic hydroxyl groups is 3. The van der Waals surface area contributed by atoms with Gasteiger partial charge in [-0.3, -0.25) is 14.4 Å². The van der Waals surface area contributed by atoms with E-state index < -0.39 is 58.0 Å². The van der Waals surface area contributed by atoms with Gasteiger partial charge in [-0.25, -0.2) is 0 Å². The van der Waals surface area contributed by atoms with Gasteiger partial charge in [0.1, 0.15) is 22.8 Å². The minimum Gasteiger partial charge on any atom is -0.508 e. The van der Waals surface area contributed by atoms with Crippen LogP contribution in [0.15, 0.2) is 35.1 Å². The van der Waals surface area contributed by atoms with E-state index in [-0.39, 0.29) is 29.2 Å². The number of primary amides is 1. The van der Waals surface area contributed by atoms with Crippen LogP contribution in [-0.4, -0.2) is 49.5 Å². The van der Waals surface area contributed by atoms with Gasteiger partial charge in [-0.05, 0) is 29.9 Å². The van der Waals surface area contributed by atoms with Gasteiger partial charge in [0.05, 0.1) is 11.6 Å². The minimum absolute atomic E-state index is 0.0130. The van der Waals surface area contributed by atoms with Crippen molar-refractivity contribution < 1.29 is 34.8 Å². The second-order valence-electron chi connectivity index (χ2n) is 7.81. The summed E-state index contributed by atoms with van der Waals surface area (Å²) in [6.07, 6.45) is -0.0130. The molecule has 1 saturated carbocycles. The van der Waals surface area contributed by atoms with Gasteiger partial charge in [-0.2, -0.15) is 0 Å². The number of phenols is 1. The number of phenolic OH excluding ortho intramolecular Hbond substituents is 1. The molecule has 0 spiro atoms. The Kier molecular flexibility index (Phi) is 3.91. The lowest BCUT2D eigenvalue weighted by molar-refractivity contribution is -0.149. The smallest absolute Gasteiger partial charge is 0.255 e. The third-order valence-electron chi connectivity index (χ3n) is 6.49. The molecule has 3 aliphatic carbocycles. The zero-order chi connectivity index (χ0) is 21.4. The molecule has 0 aromatic heterocycles. The van der Waals surface area contributed by atoms with Crippen molar-refractivity contribution in [3.8, 4) is 5.75 Å². The lowest BCUT2D eigenvalue weighted by Crippen LogP contribution is -2.65. The van der Waals surface area contributed by atoms with Crippen LogP contribution in [-0.2, 0) is 14.4 Å². The second-order valence-corrected chi connectivity index (χ2v) is 7.81. The maximum atomic E-state index is 13.4. The van der Waals surface area contributed by atoms with Gasteiger partial charge in [0.2, 0.25) is 5.78 Å². The first-order valence-electron chi connectivity index (χ1n) is 9.09. The molecule has 1 aromatic rings. The van der Waals surface area contributed by atoms with Crippen LogP contribution in [0.3, 0.4) is 0 Å². The number of ketones is 2. The summed E-state index contributed by atoms with van der Waals surface area (Å²) in [6.45, 7) is 1.79. The molecule has 1 amide bonds. The topological polar surface area (TPSA) is 184 Å². The molecule has 0 heterocycles. The first-order chi connectivity index (χ1) is 13.5. The van der Waals surface area contributed by atoms with E-state index in [2.05, 4.69) is 0 Å². The molecule has 5 atom stereocenters. The molecule has 3 aliphatic rings. The average molecular weight is 400 g/mol. The molecule has 1 fully saturated rings. The number of Topliss-reactive ketones (excluding diaryl/α,β-unsaturated/α-hetero) is 2. The molecule has 9 heteroatoms. The predicted molar refractivity (Wildman–Crippen MR) is 99.5 cm³/mol. The van der Waals surface area contributed by atoms with Gasteiger partial charge in [0, 0.05) is 11.5 Å². The number of carbonyl (C=O) groups is 3. The van der Waals surface area contributed by atoms with E-state index in [1.165, 1.54) is 6.07 Å². The van der Waals surface area contributed by atoms with Gasteiger partial charge >= 0.3 is 0 Å². The standard InChI is InChI=1S/C20H20N2O7/c1-6-7-3-2-4-10(23)11(7)15(24)12-8(6)5-9-14(21)16(25)13(19(22)28)18(27)20(9,29)17(12)26/h2-4,6,8-9,14,23-24,27,29H,5,21H2,1H3,(H2,22,28)/t6-,8?,9-,14-,20-/m0/s1. The summed E-state index contributed by atoms with van der Waals surface area (Å²) >= 11 is 0. The zero-order valence-electron chi connectivity index (χ0n) is 15.4. The van der Waals surface area contributed by atoms with Crippen LogP contribution in [0.5, 0.6) is 5.75 Å². The number of amides is 1. The summed E-state index contributed by atoms with van der Waals surface area (Å²) in [7, 11) is 0. The number of aliphatic hydroxyl groups excluding tert-OH is 2. The second kappa shape index (κ2) is 5.91. The van der Waals surface area contributed by atoms with Gasteiger partial charge in [0.25, 0.3) is 5.91 Å². The molecule has 1 unspecified atom stereocenters. The summed E-state index contributed by atoms with van der Waals surface area (Å²) in [5.41, 5.74) is 7.98. The van der Waals surface area contributed by atoms with Crippen LogP contribution in [0.4, 0.5) is 0 Å². The summed E-state index contributed by atoms with van der Waals surface area (Å²) in [4.78, 5) is 37.5. The summed E-state index contributed by atoms with van der Waals surface area (Å²) < 4.78 is 0. The molecule has 9 nitrogen and oxygen atoms in total. The predicted octanol–water partition coefficient (Wildman–Crippen LogP) is -0.0779. The molecular formula is C20H20N2O7. The minimum atomic E-state index is -2.68. The van der Waals surface area contributed by atoms with Crippen LogP contribution >= 0.6 is 0 Å². The van der Waals surface area contributed by atoms with Crippen molar-refractivity contribution in [2.45, 2.75) is 30.9 Å². The summed E-state index contributed by atoms with van der Waals surface area (Å²) in [6, 6.07) is 3.22. The number of aromatic hydroxyl groups is 1. The largest absolute Gasteiger partial charge is 0.508 e. The Bertz CT molecular complexity index is 1060. The van der Waals surface area contributed by atoms with E-state index in [1.807, 2.05) is 0 Å². The van der Waals surface area contributed by atoms with Crippen molar-refractivity contribution in [1.82, 2.24) is 0 Å². The number of carbonyl (C=O) groups excluding carboxylic acids is 3. The lowest BCUT2D eigenvalue weighted by atomic mass is 9.56. The third-order valence-corrected chi connectivity index (χ3v) is 6.49. The Morgan fingerprint density at radius 2 is 1.86 bits per heavy atom. The van der Waals surface area contributed by atoms with Crippen molar-refractivity contribution >= 4 is 23.2 Å². The maximum Gasteiger partial charge on any atom is 0.255 e. The van der Waals surface area contributed by atoms with E-state index in [4.69, 9.17) is 11.5 Å². The molecule has 0 bridgehead atoms. The first kappa shape index (κ1) is 19.2. The van der Waals surface area contributed by atoms with Gasteiger partial charge in [-0.15, -0.1) is 0 Å². The van der Waals surface area contributed by atoms with Gasteiger partial charge in [-0.1, -0.05) is 19.1 Å². The molecule has 8 N–H and O–H groups in total. The fourth-order valence-electron chi connectivity index (χ4n) is 4.97.